The van der Waals surface area contributed by atoms with E-state index in [-0.39, 0.29) is 6.04 Å². The number of rotatable bonds is 3. The van der Waals surface area contributed by atoms with Gasteiger partial charge < -0.3 is 10.8 Å². The Morgan fingerprint density at radius 1 is 1.62 bits per heavy atom. The van der Waals surface area contributed by atoms with Crippen LogP contribution in [0.25, 0.3) is 0 Å². The molecule has 0 aromatic carbocycles. The summed E-state index contributed by atoms with van der Waals surface area (Å²) in [4.78, 5) is 3.89. The third-order valence-electron chi connectivity index (χ3n) is 1.97. The van der Waals surface area contributed by atoms with Gasteiger partial charge >= 0.3 is 0 Å². The predicted octanol–water partition coefficient (Wildman–Crippen LogP) is 1.51. The smallest absolute Gasteiger partial charge is 0.129 e. The third-order valence-corrected chi connectivity index (χ3v) is 2.19. The Hall–Kier alpha value is -0.640. The first-order chi connectivity index (χ1) is 6.15. The summed E-state index contributed by atoms with van der Waals surface area (Å²) in [6.45, 7) is 1.88. The molecule has 0 spiro atoms. The number of aromatic nitrogens is 1. The van der Waals surface area contributed by atoms with E-state index in [9.17, 15) is 5.11 Å². The Balaban J connectivity index is 2.77. The van der Waals surface area contributed by atoms with E-state index in [2.05, 4.69) is 4.98 Å². The van der Waals surface area contributed by atoms with Gasteiger partial charge in [-0.25, -0.2) is 4.98 Å². The van der Waals surface area contributed by atoms with E-state index >= 15 is 0 Å². The molecule has 0 aliphatic carbocycles. The molecule has 0 aliphatic heterocycles. The normalized spacial score (nSPS) is 15.4. The lowest BCUT2D eigenvalue weighted by atomic mass is 10.0. The van der Waals surface area contributed by atoms with Gasteiger partial charge in [0.15, 0.2) is 0 Å². The Labute approximate surface area is 82.5 Å². The van der Waals surface area contributed by atoms with Crippen molar-refractivity contribution in [2.45, 2.75) is 25.5 Å². The van der Waals surface area contributed by atoms with Crippen molar-refractivity contribution in [3.8, 4) is 0 Å². The number of nitrogens with zero attached hydrogens (tertiary/aromatic N) is 1. The van der Waals surface area contributed by atoms with Gasteiger partial charge in [0.2, 0.25) is 0 Å². The molecule has 0 aliphatic rings. The van der Waals surface area contributed by atoms with Crippen LogP contribution in [0.5, 0.6) is 0 Å². The summed E-state index contributed by atoms with van der Waals surface area (Å²) in [7, 11) is 0. The molecule has 1 heterocycles. The molecule has 3 nitrogen and oxygen atoms in total. The summed E-state index contributed by atoms with van der Waals surface area (Å²) < 4.78 is 0. The fraction of sp³-hybridized carbons (Fsp3) is 0.444. The molecule has 1 aromatic rings. The summed E-state index contributed by atoms with van der Waals surface area (Å²) >= 11 is 5.62. The Kier molecular flexibility index (Phi) is 3.66. The molecule has 72 valence electrons. The van der Waals surface area contributed by atoms with Crippen molar-refractivity contribution in [2.75, 3.05) is 0 Å². The van der Waals surface area contributed by atoms with E-state index in [0.29, 0.717) is 11.6 Å². The Morgan fingerprint density at radius 3 is 2.77 bits per heavy atom. The number of hydrogen-bond acceptors (Lipinski definition) is 3. The summed E-state index contributed by atoms with van der Waals surface area (Å²) in [5, 5.41) is 9.90. The molecule has 13 heavy (non-hydrogen) atoms. The van der Waals surface area contributed by atoms with Gasteiger partial charge in [0, 0.05) is 6.20 Å². The Morgan fingerprint density at radius 2 is 2.31 bits per heavy atom. The first kappa shape index (κ1) is 10.4. The van der Waals surface area contributed by atoms with Crippen LogP contribution in [0.3, 0.4) is 0 Å². The summed E-state index contributed by atoms with van der Waals surface area (Å²) in [6, 6.07) is 3.06. The van der Waals surface area contributed by atoms with Gasteiger partial charge in [-0.3, -0.25) is 0 Å². The number of aliphatic hydroxyl groups is 1. The minimum absolute atomic E-state index is 0.380. The minimum Gasteiger partial charge on any atom is -0.391 e. The van der Waals surface area contributed by atoms with Gasteiger partial charge in [0.1, 0.15) is 5.15 Å². The zero-order valence-electron chi connectivity index (χ0n) is 7.44. The topological polar surface area (TPSA) is 59.1 Å². The molecule has 0 bridgehead atoms. The highest BCUT2D eigenvalue weighted by Gasteiger charge is 2.14. The molecular formula is C9H13ClN2O. The molecule has 0 fully saturated rings. The number of aliphatic hydroxyl groups excluding tert-OH is 1. The second-order valence-corrected chi connectivity index (χ2v) is 3.30. The number of nitrogens with two attached hydrogens (primary N) is 1. The van der Waals surface area contributed by atoms with Crippen LogP contribution in [-0.4, -0.2) is 16.2 Å². The molecular weight excluding hydrogens is 188 g/mol. The molecule has 1 rings (SSSR count). The molecule has 1 aromatic heterocycles. The van der Waals surface area contributed by atoms with Crippen molar-refractivity contribution in [1.29, 1.82) is 0 Å². The zero-order chi connectivity index (χ0) is 9.84. The molecule has 0 radical (unpaired) electrons. The maximum Gasteiger partial charge on any atom is 0.129 e. The molecule has 3 N–H and O–H groups in total. The van der Waals surface area contributed by atoms with Gasteiger partial charge in [-0.15, -0.1) is 0 Å². The van der Waals surface area contributed by atoms with E-state index in [0.717, 1.165) is 5.56 Å². The van der Waals surface area contributed by atoms with Gasteiger partial charge in [-0.2, -0.15) is 0 Å². The standard InChI is InChI=1S/C9H13ClN2O/c1-2-7(13)9(11)6-3-4-8(10)12-5-6/h3-5,7,9,13H,2,11H2,1H3/t7-,9+/m1/s1. The maximum absolute atomic E-state index is 9.46. The van der Waals surface area contributed by atoms with Crippen molar-refractivity contribution < 1.29 is 5.11 Å². The first-order valence-corrected chi connectivity index (χ1v) is 4.58. The lowest BCUT2D eigenvalue weighted by molar-refractivity contribution is 0.140. The van der Waals surface area contributed by atoms with Crippen LogP contribution in [0.1, 0.15) is 24.9 Å². The van der Waals surface area contributed by atoms with Crippen LogP contribution in [-0.2, 0) is 0 Å². The second kappa shape index (κ2) is 4.56. The van der Waals surface area contributed by atoms with Gasteiger partial charge in [0.25, 0.3) is 0 Å². The highest BCUT2D eigenvalue weighted by molar-refractivity contribution is 6.29. The van der Waals surface area contributed by atoms with Gasteiger partial charge in [-0.1, -0.05) is 24.6 Å². The molecule has 0 amide bonds. The van der Waals surface area contributed by atoms with E-state index < -0.39 is 6.10 Å². The van der Waals surface area contributed by atoms with Crippen molar-refractivity contribution in [1.82, 2.24) is 4.98 Å². The number of halogens is 1. The average molecular weight is 201 g/mol. The van der Waals surface area contributed by atoms with Crippen molar-refractivity contribution in [3.05, 3.63) is 29.0 Å². The van der Waals surface area contributed by atoms with Crippen molar-refractivity contribution in [3.63, 3.8) is 0 Å². The van der Waals surface area contributed by atoms with Gasteiger partial charge in [-0.05, 0) is 18.1 Å². The molecule has 0 saturated heterocycles. The first-order valence-electron chi connectivity index (χ1n) is 4.20. The second-order valence-electron chi connectivity index (χ2n) is 2.92. The maximum atomic E-state index is 9.46. The molecule has 0 saturated carbocycles. The van der Waals surface area contributed by atoms with E-state index in [1.54, 1.807) is 18.3 Å². The summed E-state index contributed by atoms with van der Waals surface area (Å²) in [5.41, 5.74) is 6.57. The zero-order valence-corrected chi connectivity index (χ0v) is 8.20. The van der Waals surface area contributed by atoms with E-state index in [1.165, 1.54) is 0 Å². The number of hydrogen-bond donors (Lipinski definition) is 2. The summed E-state index contributed by atoms with van der Waals surface area (Å²) in [5.74, 6) is 0. The van der Waals surface area contributed by atoms with E-state index in [4.69, 9.17) is 17.3 Å². The molecule has 0 unspecified atom stereocenters. The van der Waals surface area contributed by atoms with E-state index in [1.807, 2.05) is 6.92 Å². The Bertz CT molecular complexity index is 263. The van der Waals surface area contributed by atoms with Crippen LogP contribution in [0.2, 0.25) is 5.15 Å². The average Bonchev–Trinajstić information content (AvgIpc) is 2.17. The third kappa shape index (κ3) is 2.66. The van der Waals surface area contributed by atoms with Crippen molar-refractivity contribution >= 4 is 11.6 Å². The predicted molar refractivity (Wildman–Crippen MR) is 52.5 cm³/mol. The van der Waals surface area contributed by atoms with Crippen molar-refractivity contribution in [2.24, 2.45) is 5.73 Å². The van der Waals surface area contributed by atoms with Crippen LogP contribution >= 0.6 is 11.6 Å². The van der Waals surface area contributed by atoms with Crippen LogP contribution in [0.4, 0.5) is 0 Å². The fourth-order valence-corrected chi connectivity index (χ4v) is 1.17. The van der Waals surface area contributed by atoms with Crippen LogP contribution in [0.15, 0.2) is 18.3 Å². The van der Waals surface area contributed by atoms with Gasteiger partial charge in [0.05, 0.1) is 12.1 Å². The largest absolute Gasteiger partial charge is 0.391 e. The highest BCUT2D eigenvalue weighted by Crippen LogP contribution is 2.16. The fourth-order valence-electron chi connectivity index (χ4n) is 1.06. The lowest BCUT2D eigenvalue weighted by Crippen LogP contribution is -2.25. The SMILES string of the molecule is CC[C@@H](O)[C@@H](N)c1ccc(Cl)nc1. The lowest BCUT2D eigenvalue weighted by Gasteiger charge is -2.16. The number of pyridine rings is 1. The van der Waals surface area contributed by atoms with Crippen LogP contribution in [0, 0.1) is 0 Å². The summed E-state index contributed by atoms with van der Waals surface area (Å²) in [6.07, 6.45) is 1.69. The highest BCUT2D eigenvalue weighted by atomic mass is 35.5. The monoisotopic (exact) mass is 200 g/mol. The molecule has 2 atom stereocenters. The quantitative estimate of drug-likeness (QED) is 0.728. The molecule has 4 heteroatoms. The minimum atomic E-state index is -0.525. The van der Waals surface area contributed by atoms with Crippen LogP contribution < -0.4 is 5.73 Å².